The van der Waals surface area contributed by atoms with Crippen LogP contribution in [0, 0.1) is 11.8 Å². The zero-order valence-electron chi connectivity index (χ0n) is 19.6. The van der Waals surface area contributed by atoms with Crippen molar-refractivity contribution in [3.8, 4) is 11.5 Å². The van der Waals surface area contributed by atoms with E-state index in [2.05, 4.69) is 11.0 Å². The van der Waals surface area contributed by atoms with Crippen molar-refractivity contribution in [1.29, 1.82) is 0 Å². The number of hydrogen-bond donors (Lipinski definition) is 0. The third-order valence-corrected chi connectivity index (χ3v) is 7.14. The van der Waals surface area contributed by atoms with Gasteiger partial charge in [0, 0.05) is 23.9 Å². The predicted octanol–water partition coefficient (Wildman–Crippen LogP) is 4.74. The first-order valence-electron chi connectivity index (χ1n) is 12.1. The minimum Gasteiger partial charge on any atom is -0.493 e. The van der Waals surface area contributed by atoms with Gasteiger partial charge >= 0.3 is 0 Å². The van der Waals surface area contributed by atoms with Gasteiger partial charge in [0.05, 0.1) is 19.9 Å². The lowest BCUT2D eigenvalue weighted by atomic mass is 9.73. The van der Waals surface area contributed by atoms with E-state index >= 15 is 0 Å². The lowest BCUT2D eigenvalue weighted by Crippen LogP contribution is -2.46. The summed E-state index contributed by atoms with van der Waals surface area (Å²) in [5, 5.41) is 6.70. The number of carbonyl (C=O) groups excluding carboxylic acids is 1. The number of likely N-dealkylation sites (tertiary alicyclic amines) is 1. The molecule has 0 spiro atoms. The van der Waals surface area contributed by atoms with Crippen molar-refractivity contribution >= 4 is 24.0 Å². The van der Waals surface area contributed by atoms with Gasteiger partial charge in [0.2, 0.25) is 5.91 Å². The number of fused-ring (bicyclic) bond motifs is 1. The van der Waals surface area contributed by atoms with E-state index in [4.69, 9.17) is 14.6 Å². The van der Waals surface area contributed by atoms with Crippen molar-refractivity contribution in [2.75, 3.05) is 40.4 Å². The summed E-state index contributed by atoms with van der Waals surface area (Å²) in [6.45, 7) is 4.31. The third-order valence-electron chi connectivity index (χ3n) is 7.14. The topological polar surface area (TPSA) is 54.4 Å². The molecule has 2 heterocycles. The second-order valence-electron chi connectivity index (χ2n) is 9.12. The van der Waals surface area contributed by atoms with E-state index in [1.165, 1.54) is 32.4 Å². The van der Waals surface area contributed by atoms with Crippen molar-refractivity contribution < 1.29 is 14.3 Å². The first kappa shape index (κ1) is 24.8. The van der Waals surface area contributed by atoms with E-state index < -0.39 is 0 Å². The Kier molecular flexibility index (Phi) is 9.23. The molecule has 0 bridgehead atoms. The van der Waals surface area contributed by atoms with E-state index in [-0.39, 0.29) is 30.2 Å². The number of benzene rings is 1. The van der Waals surface area contributed by atoms with Gasteiger partial charge in [-0.15, -0.1) is 12.4 Å². The van der Waals surface area contributed by atoms with E-state index in [1.807, 2.05) is 12.1 Å². The van der Waals surface area contributed by atoms with Gasteiger partial charge in [-0.3, -0.25) is 4.79 Å². The summed E-state index contributed by atoms with van der Waals surface area (Å²) in [5.41, 5.74) is 2.08. The molecule has 3 aliphatic rings. The number of hydrogen-bond acceptors (Lipinski definition) is 5. The van der Waals surface area contributed by atoms with Crippen LogP contribution in [0.3, 0.4) is 0 Å². The highest BCUT2D eigenvalue weighted by atomic mass is 35.5. The van der Waals surface area contributed by atoms with E-state index in [1.54, 1.807) is 19.2 Å². The molecule has 2 fully saturated rings. The first-order chi connectivity index (χ1) is 15.2. The average Bonchev–Trinajstić information content (AvgIpc) is 2.83. The standard InChI is InChI=1S/C25H37N3O3.ClH/c1-30-22-13-12-19(18-23(22)31-2)24-20-10-4-5-11-21(20)25(29)28(26-24)17-9-8-16-27-14-6-3-7-15-27;/h12-13,18,20-21H,3-11,14-17H2,1-2H3;1H/t20-,21+;/m0./s1. The average molecular weight is 464 g/mol. The quantitative estimate of drug-likeness (QED) is 0.522. The molecule has 6 nitrogen and oxygen atoms in total. The minimum atomic E-state index is 0. The highest BCUT2D eigenvalue weighted by molar-refractivity contribution is 6.07. The molecule has 32 heavy (non-hydrogen) atoms. The monoisotopic (exact) mass is 463 g/mol. The molecule has 0 unspecified atom stereocenters. The lowest BCUT2D eigenvalue weighted by molar-refractivity contribution is -0.139. The minimum absolute atomic E-state index is 0. The third kappa shape index (κ3) is 5.57. The maximum Gasteiger partial charge on any atom is 0.246 e. The van der Waals surface area contributed by atoms with Gasteiger partial charge in [0.25, 0.3) is 0 Å². The number of nitrogens with zero attached hydrogens (tertiary/aromatic N) is 3. The molecule has 4 rings (SSSR count). The second kappa shape index (κ2) is 11.9. The van der Waals surface area contributed by atoms with Gasteiger partial charge in [-0.05, 0) is 76.4 Å². The summed E-state index contributed by atoms with van der Waals surface area (Å²) in [5.74, 6) is 1.93. The van der Waals surface area contributed by atoms with Crippen LogP contribution in [0.1, 0.15) is 63.4 Å². The largest absolute Gasteiger partial charge is 0.493 e. The Hall–Kier alpha value is -1.79. The van der Waals surface area contributed by atoms with E-state index in [0.29, 0.717) is 18.0 Å². The van der Waals surface area contributed by atoms with Gasteiger partial charge in [-0.25, -0.2) is 5.01 Å². The number of methoxy groups -OCH3 is 2. The van der Waals surface area contributed by atoms with Crippen molar-refractivity contribution in [2.24, 2.45) is 16.9 Å². The Morgan fingerprint density at radius 1 is 0.906 bits per heavy atom. The SMILES string of the molecule is COc1ccc(C2=NN(CCCCN3CCCCC3)C(=O)[C@@H]3CCCC[C@H]23)cc1OC.Cl. The van der Waals surface area contributed by atoms with Crippen molar-refractivity contribution in [3.63, 3.8) is 0 Å². The highest BCUT2D eigenvalue weighted by Crippen LogP contribution is 2.39. The molecule has 1 saturated carbocycles. The Morgan fingerprint density at radius 3 is 2.31 bits per heavy atom. The Balaban J connectivity index is 0.00000289. The van der Waals surface area contributed by atoms with Crippen LogP contribution in [-0.2, 0) is 4.79 Å². The van der Waals surface area contributed by atoms with Crippen molar-refractivity contribution in [1.82, 2.24) is 9.91 Å². The Morgan fingerprint density at radius 2 is 1.59 bits per heavy atom. The summed E-state index contributed by atoms with van der Waals surface area (Å²) >= 11 is 0. The van der Waals surface area contributed by atoms with E-state index in [0.717, 1.165) is 56.3 Å². The van der Waals surface area contributed by atoms with Gasteiger partial charge in [0.15, 0.2) is 11.5 Å². The molecule has 2 aliphatic heterocycles. The molecular formula is C25H38ClN3O3. The van der Waals surface area contributed by atoms with Crippen LogP contribution in [0.15, 0.2) is 23.3 Å². The van der Waals surface area contributed by atoms with Crippen LogP contribution < -0.4 is 9.47 Å². The predicted molar refractivity (Wildman–Crippen MR) is 130 cm³/mol. The molecule has 7 heteroatoms. The van der Waals surface area contributed by atoms with Crippen molar-refractivity contribution in [3.05, 3.63) is 23.8 Å². The number of piperidine rings is 1. The van der Waals surface area contributed by atoms with Crippen LogP contribution in [0.5, 0.6) is 11.5 Å². The number of amides is 1. The molecule has 2 atom stereocenters. The molecule has 178 valence electrons. The Bertz CT molecular complexity index is 795. The number of ether oxygens (including phenoxy) is 2. The zero-order valence-corrected chi connectivity index (χ0v) is 20.4. The highest BCUT2D eigenvalue weighted by Gasteiger charge is 2.41. The normalized spacial score (nSPS) is 23.8. The van der Waals surface area contributed by atoms with Gasteiger partial charge in [-0.2, -0.15) is 5.10 Å². The number of carbonyl (C=O) groups is 1. The summed E-state index contributed by atoms with van der Waals surface area (Å²) in [7, 11) is 3.31. The molecular weight excluding hydrogens is 426 g/mol. The fourth-order valence-corrected chi connectivity index (χ4v) is 5.41. The van der Waals surface area contributed by atoms with E-state index in [9.17, 15) is 4.79 Å². The number of rotatable bonds is 8. The molecule has 1 aliphatic carbocycles. The van der Waals surface area contributed by atoms with Crippen molar-refractivity contribution in [2.45, 2.75) is 57.8 Å². The summed E-state index contributed by atoms with van der Waals surface area (Å²) in [6.07, 6.45) is 10.5. The molecule has 0 radical (unpaired) electrons. The zero-order chi connectivity index (χ0) is 21.6. The van der Waals surface area contributed by atoms with Crippen LogP contribution in [0.4, 0.5) is 0 Å². The van der Waals surface area contributed by atoms with Gasteiger partial charge < -0.3 is 14.4 Å². The maximum absolute atomic E-state index is 13.2. The lowest BCUT2D eigenvalue weighted by Gasteiger charge is -2.38. The first-order valence-corrected chi connectivity index (χ1v) is 12.1. The molecule has 1 aromatic carbocycles. The van der Waals surface area contributed by atoms with Gasteiger partial charge in [0.1, 0.15) is 0 Å². The Labute approximate surface area is 198 Å². The van der Waals surface area contributed by atoms with Crippen LogP contribution in [0.2, 0.25) is 0 Å². The molecule has 1 saturated heterocycles. The fraction of sp³-hybridized carbons (Fsp3) is 0.680. The second-order valence-corrected chi connectivity index (χ2v) is 9.12. The molecule has 1 aromatic rings. The fourth-order valence-electron chi connectivity index (χ4n) is 5.41. The van der Waals surface area contributed by atoms with Crippen LogP contribution in [-0.4, -0.2) is 61.9 Å². The molecule has 0 aromatic heterocycles. The summed E-state index contributed by atoms with van der Waals surface area (Å²) in [6, 6.07) is 6.00. The molecule has 0 N–H and O–H groups in total. The smallest absolute Gasteiger partial charge is 0.246 e. The number of hydrazone groups is 1. The molecule has 1 amide bonds. The number of halogens is 1. The number of unbranched alkanes of at least 4 members (excludes halogenated alkanes) is 1. The van der Waals surface area contributed by atoms with Crippen LogP contribution >= 0.6 is 12.4 Å². The summed E-state index contributed by atoms with van der Waals surface area (Å²) in [4.78, 5) is 15.8. The summed E-state index contributed by atoms with van der Waals surface area (Å²) < 4.78 is 10.9. The maximum atomic E-state index is 13.2. The van der Waals surface area contributed by atoms with Gasteiger partial charge in [-0.1, -0.05) is 19.3 Å². The van der Waals surface area contributed by atoms with Crippen LogP contribution in [0.25, 0.3) is 0 Å².